The first-order valence-electron chi connectivity index (χ1n) is 11.4. The molecule has 1 heterocycles. The summed E-state index contributed by atoms with van der Waals surface area (Å²) in [4.78, 5) is 35.3. The van der Waals surface area contributed by atoms with Crippen LogP contribution in [0.5, 0.6) is 0 Å². The van der Waals surface area contributed by atoms with E-state index in [4.69, 9.17) is 21.8 Å². The molecule has 2 aromatic carbocycles. The van der Waals surface area contributed by atoms with Crippen LogP contribution >= 0.6 is 11.6 Å². The van der Waals surface area contributed by atoms with Crippen LogP contribution in [0.4, 0.5) is 4.39 Å². The monoisotopic (exact) mass is 530 g/mol. The third-order valence-electron chi connectivity index (χ3n) is 5.83. The normalized spacial score (nSPS) is 13.9. The second kappa shape index (κ2) is 11.1. The Morgan fingerprint density at radius 1 is 1.14 bits per heavy atom. The number of aliphatic carboxylic acids is 2. The maximum atomic E-state index is 14.2. The lowest BCUT2D eigenvalue weighted by Gasteiger charge is -2.24. The van der Waals surface area contributed by atoms with E-state index in [1.165, 1.54) is 34.0 Å². The van der Waals surface area contributed by atoms with Gasteiger partial charge in [0, 0.05) is 28.7 Å². The zero-order valence-corrected chi connectivity index (χ0v) is 20.2. The van der Waals surface area contributed by atoms with Crippen LogP contribution < -0.4 is 5.43 Å². The van der Waals surface area contributed by atoms with E-state index in [0.29, 0.717) is 27.4 Å². The van der Waals surface area contributed by atoms with Gasteiger partial charge in [-0.1, -0.05) is 35.9 Å². The summed E-state index contributed by atoms with van der Waals surface area (Å²) in [6.07, 6.45) is -0.0387. The molecule has 12 heteroatoms. The molecule has 1 aliphatic carbocycles. The van der Waals surface area contributed by atoms with Crippen LogP contribution in [0, 0.1) is 5.82 Å². The molecule has 1 saturated carbocycles. The number of carboxylic acids is 2. The molecule has 10 nitrogen and oxygen atoms in total. The van der Waals surface area contributed by atoms with E-state index in [1.807, 2.05) is 0 Å². The summed E-state index contributed by atoms with van der Waals surface area (Å²) in [5.41, 5.74) is 4.70. The van der Waals surface area contributed by atoms with Crippen molar-refractivity contribution >= 4 is 29.4 Å². The summed E-state index contributed by atoms with van der Waals surface area (Å²) in [7, 11) is 0. The van der Waals surface area contributed by atoms with Gasteiger partial charge >= 0.3 is 11.9 Å². The summed E-state index contributed by atoms with van der Waals surface area (Å²) in [6, 6.07) is 12.4. The molecule has 4 rings (SSSR count). The molecule has 37 heavy (non-hydrogen) atoms. The molecule has 1 aliphatic rings. The number of nitrogens with zero attached hydrogens (tertiary/aromatic N) is 3. The molecule has 3 aromatic rings. The van der Waals surface area contributed by atoms with Crippen LogP contribution in [0.15, 0.2) is 48.5 Å². The number of rotatable bonds is 11. The largest absolute Gasteiger partial charge is 0.480 e. The lowest BCUT2D eigenvalue weighted by molar-refractivity contribution is -0.148. The van der Waals surface area contributed by atoms with E-state index >= 15 is 0 Å². The first kappa shape index (κ1) is 26.3. The van der Waals surface area contributed by atoms with Gasteiger partial charge in [0.2, 0.25) is 0 Å². The molecule has 0 radical (unpaired) electrons. The molecule has 0 bridgehead atoms. The number of hydrogen-bond acceptors (Lipinski definition) is 6. The van der Waals surface area contributed by atoms with Crippen molar-refractivity contribution in [2.24, 2.45) is 0 Å². The molecule has 0 saturated heterocycles. The van der Waals surface area contributed by atoms with Crippen molar-refractivity contribution in [2.75, 3.05) is 6.54 Å². The Labute approximate surface area is 215 Å². The Hall–Kier alpha value is -3.80. The van der Waals surface area contributed by atoms with Gasteiger partial charge in [-0.2, -0.15) is 5.10 Å². The summed E-state index contributed by atoms with van der Waals surface area (Å²) in [6.45, 7) is -0.809. The standard InChI is InChI=1S/C25H24ClFN4O6/c26-17-7-8-19(27)18(9-17)15-3-1-14(2-4-15)11-30(12-22(32)25(36)37)29-24(35)20-10-21(16-5-6-16)31(28-20)13-23(33)34/h1-4,7-10,16,22,32H,5-6,11-13H2,(H,29,35)(H,33,34)(H,36,37)/t22-/m1/s1. The number of nitrogens with one attached hydrogen (secondary N) is 1. The van der Waals surface area contributed by atoms with E-state index in [0.717, 1.165) is 12.8 Å². The Morgan fingerprint density at radius 2 is 1.84 bits per heavy atom. The summed E-state index contributed by atoms with van der Waals surface area (Å²) < 4.78 is 15.5. The Kier molecular flexibility index (Phi) is 7.86. The highest BCUT2D eigenvalue weighted by molar-refractivity contribution is 6.30. The maximum Gasteiger partial charge on any atom is 0.333 e. The lowest BCUT2D eigenvalue weighted by Crippen LogP contribution is -2.47. The molecular weight excluding hydrogens is 507 g/mol. The fourth-order valence-electron chi connectivity index (χ4n) is 3.87. The second-order valence-corrected chi connectivity index (χ2v) is 9.21. The fraction of sp³-hybridized carbons (Fsp3) is 0.280. The van der Waals surface area contributed by atoms with Crippen molar-refractivity contribution in [3.05, 3.63) is 76.3 Å². The predicted molar refractivity (Wildman–Crippen MR) is 130 cm³/mol. The molecule has 1 atom stereocenters. The quantitative estimate of drug-likeness (QED) is 0.277. The number of aromatic nitrogens is 2. The van der Waals surface area contributed by atoms with Gasteiger partial charge in [-0.3, -0.25) is 19.7 Å². The van der Waals surface area contributed by atoms with Crippen molar-refractivity contribution in [1.29, 1.82) is 0 Å². The van der Waals surface area contributed by atoms with Crippen molar-refractivity contribution in [1.82, 2.24) is 20.2 Å². The molecule has 4 N–H and O–H groups in total. The first-order valence-corrected chi connectivity index (χ1v) is 11.8. The Morgan fingerprint density at radius 3 is 2.46 bits per heavy atom. The van der Waals surface area contributed by atoms with Crippen molar-refractivity contribution < 1.29 is 34.1 Å². The zero-order valence-electron chi connectivity index (χ0n) is 19.5. The van der Waals surface area contributed by atoms with Crippen molar-refractivity contribution in [2.45, 2.75) is 38.0 Å². The van der Waals surface area contributed by atoms with E-state index in [2.05, 4.69) is 10.5 Å². The minimum Gasteiger partial charge on any atom is -0.480 e. The van der Waals surface area contributed by atoms with E-state index < -0.39 is 36.3 Å². The second-order valence-electron chi connectivity index (χ2n) is 8.78. The molecule has 0 spiro atoms. The predicted octanol–water partition coefficient (Wildman–Crippen LogP) is 2.90. The highest BCUT2D eigenvalue weighted by Gasteiger charge is 2.30. The van der Waals surface area contributed by atoms with Crippen LogP contribution in [-0.4, -0.2) is 60.6 Å². The lowest BCUT2D eigenvalue weighted by atomic mass is 10.0. The molecule has 1 amide bonds. The van der Waals surface area contributed by atoms with Crippen molar-refractivity contribution in [3.63, 3.8) is 0 Å². The number of carboxylic acid groups (broad SMARTS) is 2. The average molecular weight is 531 g/mol. The van der Waals surface area contributed by atoms with E-state index in [9.17, 15) is 23.9 Å². The van der Waals surface area contributed by atoms with Gasteiger partial charge in [0.05, 0.1) is 6.54 Å². The summed E-state index contributed by atoms with van der Waals surface area (Å²) in [5.74, 6) is -3.54. The third-order valence-corrected chi connectivity index (χ3v) is 6.06. The average Bonchev–Trinajstić information content (AvgIpc) is 3.60. The van der Waals surface area contributed by atoms with E-state index in [1.54, 1.807) is 24.3 Å². The van der Waals surface area contributed by atoms with Gasteiger partial charge in [0.15, 0.2) is 11.8 Å². The SMILES string of the molecule is O=C(O)Cn1nc(C(=O)NN(Cc2ccc(-c3cc(Cl)ccc3F)cc2)C[C@@H](O)C(=O)O)cc1C1CC1. The highest BCUT2D eigenvalue weighted by Crippen LogP contribution is 2.40. The number of aliphatic hydroxyl groups is 1. The smallest absolute Gasteiger partial charge is 0.333 e. The topological polar surface area (TPSA) is 145 Å². The number of hydrazine groups is 1. The van der Waals surface area contributed by atoms with Gasteiger partial charge in [0.25, 0.3) is 5.91 Å². The van der Waals surface area contributed by atoms with Gasteiger partial charge in [-0.05, 0) is 48.2 Å². The van der Waals surface area contributed by atoms with E-state index in [-0.39, 0.29) is 24.7 Å². The first-order chi connectivity index (χ1) is 17.6. The molecule has 0 unspecified atom stereocenters. The number of carbonyl (C=O) groups is 3. The zero-order chi connectivity index (χ0) is 26.7. The van der Waals surface area contributed by atoms with Crippen LogP contribution in [0.3, 0.4) is 0 Å². The molecule has 0 aliphatic heterocycles. The molecule has 194 valence electrons. The number of aliphatic hydroxyl groups excluding tert-OH is 1. The van der Waals surface area contributed by atoms with Gasteiger partial charge in [-0.15, -0.1) is 0 Å². The fourth-order valence-corrected chi connectivity index (χ4v) is 4.04. The van der Waals surface area contributed by atoms with Gasteiger partial charge in [0.1, 0.15) is 12.4 Å². The highest BCUT2D eigenvalue weighted by atomic mass is 35.5. The number of carbonyl (C=O) groups excluding carboxylic acids is 1. The molecular formula is C25H24ClFN4O6. The summed E-state index contributed by atoms with van der Waals surface area (Å²) >= 11 is 5.98. The van der Waals surface area contributed by atoms with Gasteiger partial charge in [-0.25, -0.2) is 14.2 Å². The van der Waals surface area contributed by atoms with Gasteiger partial charge < -0.3 is 15.3 Å². The van der Waals surface area contributed by atoms with Crippen molar-refractivity contribution in [3.8, 4) is 11.1 Å². The Balaban J connectivity index is 1.52. The van der Waals surface area contributed by atoms with Crippen LogP contribution in [0.25, 0.3) is 11.1 Å². The van der Waals surface area contributed by atoms with Crippen LogP contribution in [-0.2, 0) is 22.7 Å². The number of hydrogen-bond donors (Lipinski definition) is 4. The maximum absolute atomic E-state index is 14.2. The minimum atomic E-state index is -1.79. The number of halogens is 2. The summed E-state index contributed by atoms with van der Waals surface area (Å²) in [5, 5.41) is 33.9. The molecule has 1 fully saturated rings. The number of benzene rings is 2. The minimum absolute atomic E-state index is 0.0136. The third kappa shape index (κ3) is 6.70. The number of amides is 1. The van der Waals surface area contributed by atoms with Crippen LogP contribution in [0.2, 0.25) is 5.02 Å². The van der Waals surface area contributed by atoms with Crippen LogP contribution in [0.1, 0.15) is 40.5 Å². The Bertz CT molecular complexity index is 1330. The molecule has 1 aromatic heterocycles.